The second kappa shape index (κ2) is 7.48. The van der Waals surface area contributed by atoms with Crippen LogP contribution in [0.4, 0.5) is 4.79 Å². The highest BCUT2D eigenvalue weighted by Gasteiger charge is 2.31. The summed E-state index contributed by atoms with van der Waals surface area (Å²) in [7, 11) is -3.29. The summed E-state index contributed by atoms with van der Waals surface area (Å²) in [6.45, 7) is 5.79. The van der Waals surface area contributed by atoms with Crippen molar-refractivity contribution in [1.29, 1.82) is 0 Å². The van der Waals surface area contributed by atoms with Gasteiger partial charge in [-0.05, 0) is 46.0 Å². The third-order valence-electron chi connectivity index (χ3n) is 3.51. The SMILES string of the molecule is CC(C)(C)OC(=O)NC(CC1CCCN(S(C)(=O)=O)C1)C(=O)O. The van der Waals surface area contributed by atoms with Crippen molar-refractivity contribution < 1.29 is 27.9 Å². The number of hydrogen-bond donors (Lipinski definition) is 2. The van der Waals surface area contributed by atoms with Gasteiger partial charge in [0.25, 0.3) is 0 Å². The van der Waals surface area contributed by atoms with E-state index < -0.39 is 33.7 Å². The number of sulfonamides is 1. The molecule has 0 bridgehead atoms. The third kappa shape index (κ3) is 7.17. The Hall–Kier alpha value is -1.35. The number of carboxylic acid groups (broad SMARTS) is 1. The Morgan fingerprint density at radius 1 is 1.39 bits per heavy atom. The van der Waals surface area contributed by atoms with Crippen molar-refractivity contribution in [2.45, 2.75) is 51.7 Å². The van der Waals surface area contributed by atoms with Crippen molar-refractivity contribution in [3.8, 4) is 0 Å². The van der Waals surface area contributed by atoms with E-state index in [2.05, 4.69) is 5.32 Å². The molecule has 0 spiro atoms. The normalized spacial score (nSPS) is 21.5. The fourth-order valence-electron chi connectivity index (χ4n) is 2.53. The Morgan fingerprint density at radius 3 is 2.48 bits per heavy atom. The lowest BCUT2D eigenvalue weighted by Crippen LogP contribution is -2.47. The number of alkyl carbamates (subject to hydrolysis) is 1. The van der Waals surface area contributed by atoms with Gasteiger partial charge in [0.1, 0.15) is 11.6 Å². The van der Waals surface area contributed by atoms with E-state index in [0.29, 0.717) is 13.0 Å². The molecule has 2 atom stereocenters. The number of carbonyl (C=O) groups excluding carboxylic acids is 1. The van der Waals surface area contributed by atoms with Crippen LogP contribution in [0.15, 0.2) is 0 Å². The Balaban J connectivity index is 2.66. The van der Waals surface area contributed by atoms with Crippen molar-refractivity contribution in [2.75, 3.05) is 19.3 Å². The third-order valence-corrected chi connectivity index (χ3v) is 4.78. The zero-order valence-corrected chi connectivity index (χ0v) is 14.9. The fourth-order valence-corrected chi connectivity index (χ4v) is 3.47. The molecular formula is C14H26N2O6S. The van der Waals surface area contributed by atoms with E-state index in [1.165, 1.54) is 4.31 Å². The predicted molar refractivity (Wildman–Crippen MR) is 84.6 cm³/mol. The van der Waals surface area contributed by atoms with Crippen molar-refractivity contribution in [3.63, 3.8) is 0 Å². The van der Waals surface area contributed by atoms with Crippen molar-refractivity contribution in [2.24, 2.45) is 5.92 Å². The first-order valence-corrected chi connectivity index (χ1v) is 9.41. The molecule has 1 amide bonds. The molecular weight excluding hydrogens is 324 g/mol. The molecule has 9 heteroatoms. The molecule has 0 aliphatic carbocycles. The van der Waals surface area contributed by atoms with Crippen LogP contribution in [0, 0.1) is 5.92 Å². The molecule has 1 fully saturated rings. The standard InChI is InChI=1S/C14H26N2O6S/c1-14(2,3)22-13(19)15-11(12(17)18)8-10-6-5-7-16(9-10)23(4,20)21/h10-11H,5-9H2,1-4H3,(H,15,19)(H,17,18). The molecule has 1 saturated heterocycles. The van der Waals surface area contributed by atoms with Crippen LogP contribution in [-0.4, -0.2) is 60.9 Å². The van der Waals surface area contributed by atoms with Gasteiger partial charge in [-0.1, -0.05) is 0 Å². The van der Waals surface area contributed by atoms with Gasteiger partial charge in [0, 0.05) is 13.1 Å². The summed E-state index contributed by atoms with van der Waals surface area (Å²) < 4.78 is 29.6. The van der Waals surface area contributed by atoms with Gasteiger partial charge in [-0.15, -0.1) is 0 Å². The minimum Gasteiger partial charge on any atom is -0.480 e. The van der Waals surface area contributed by atoms with Crippen molar-refractivity contribution in [3.05, 3.63) is 0 Å². The second-order valence-electron chi connectivity index (χ2n) is 6.90. The fraction of sp³-hybridized carbons (Fsp3) is 0.857. The number of piperidine rings is 1. The lowest BCUT2D eigenvalue weighted by Gasteiger charge is -2.32. The Labute approximate surface area is 137 Å². The molecule has 0 aromatic heterocycles. The molecule has 134 valence electrons. The number of hydrogen-bond acceptors (Lipinski definition) is 5. The summed E-state index contributed by atoms with van der Waals surface area (Å²) in [4.78, 5) is 23.1. The summed E-state index contributed by atoms with van der Waals surface area (Å²) in [5.74, 6) is -1.28. The van der Waals surface area contributed by atoms with Crippen LogP contribution in [0.3, 0.4) is 0 Å². The number of nitrogens with one attached hydrogen (secondary N) is 1. The molecule has 23 heavy (non-hydrogen) atoms. The Bertz CT molecular complexity index is 540. The molecule has 0 radical (unpaired) electrons. The molecule has 1 aliphatic heterocycles. The van der Waals surface area contributed by atoms with Crippen LogP contribution >= 0.6 is 0 Å². The second-order valence-corrected chi connectivity index (χ2v) is 8.88. The van der Waals surface area contributed by atoms with Gasteiger partial charge < -0.3 is 15.2 Å². The molecule has 2 unspecified atom stereocenters. The van der Waals surface area contributed by atoms with Gasteiger partial charge in [-0.2, -0.15) is 0 Å². The van der Waals surface area contributed by atoms with Crippen LogP contribution in [0.2, 0.25) is 0 Å². The molecule has 0 saturated carbocycles. The average molecular weight is 350 g/mol. The van der Waals surface area contributed by atoms with Crippen LogP contribution < -0.4 is 5.32 Å². The van der Waals surface area contributed by atoms with Gasteiger partial charge in [-0.25, -0.2) is 22.3 Å². The molecule has 8 nitrogen and oxygen atoms in total. The largest absolute Gasteiger partial charge is 0.480 e. The van der Waals surface area contributed by atoms with Crippen LogP contribution in [0.25, 0.3) is 0 Å². The van der Waals surface area contributed by atoms with E-state index in [0.717, 1.165) is 12.7 Å². The first-order valence-electron chi connectivity index (χ1n) is 7.56. The van der Waals surface area contributed by atoms with E-state index in [-0.39, 0.29) is 18.9 Å². The lowest BCUT2D eigenvalue weighted by atomic mass is 9.92. The topological polar surface area (TPSA) is 113 Å². The van der Waals surface area contributed by atoms with Crippen LogP contribution in [-0.2, 0) is 19.6 Å². The highest BCUT2D eigenvalue weighted by Crippen LogP contribution is 2.23. The zero-order chi connectivity index (χ0) is 17.8. The maximum absolute atomic E-state index is 11.7. The Morgan fingerprint density at radius 2 is 2.00 bits per heavy atom. The zero-order valence-electron chi connectivity index (χ0n) is 14.0. The summed E-state index contributed by atoms with van der Waals surface area (Å²) in [5.41, 5.74) is -0.717. The van der Waals surface area contributed by atoms with E-state index in [1.54, 1.807) is 20.8 Å². The summed E-state index contributed by atoms with van der Waals surface area (Å²) in [6.07, 6.45) is 1.92. The number of nitrogens with zero attached hydrogens (tertiary/aromatic N) is 1. The molecule has 1 aliphatic rings. The highest BCUT2D eigenvalue weighted by atomic mass is 32.2. The maximum atomic E-state index is 11.7. The lowest BCUT2D eigenvalue weighted by molar-refractivity contribution is -0.140. The Kier molecular flexibility index (Phi) is 6.41. The number of ether oxygens (including phenoxy) is 1. The van der Waals surface area contributed by atoms with Gasteiger partial charge in [-0.3, -0.25) is 0 Å². The van der Waals surface area contributed by atoms with Crippen LogP contribution in [0.5, 0.6) is 0 Å². The minimum atomic E-state index is -3.29. The van der Waals surface area contributed by atoms with Gasteiger partial charge >= 0.3 is 12.1 Å². The van der Waals surface area contributed by atoms with E-state index >= 15 is 0 Å². The molecule has 0 aromatic carbocycles. The van der Waals surface area contributed by atoms with Gasteiger partial charge in [0.15, 0.2) is 0 Å². The molecule has 1 rings (SSSR count). The summed E-state index contributed by atoms with van der Waals surface area (Å²) in [6, 6.07) is -1.10. The number of carbonyl (C=O) groups is 2. The van der Waals surface area contributed by atoms with Gasteiger partial charge in [0.2, 0.25) is 10.0 Å². The minimum absolute atomic E-state index is 0.116. The van der Waals surface area contributed by atoms with E-state index in [9.17, 15) is 23.1 Å². The van der Waals surface area contributed by atoms with E-state index in [4.69, 9.17) is 4.74 Å². The van der Waals surface area contributed by atoms with Crippen LogP contribution in [0.1, 0.15) is 40.0 Å². The highest BCUT2D eigenvalue weighted by molar-refractivity contribution is 7.88. The first-order chi connectivity index (χ1) is 10.4. The molecule has 0 aromatic rings. The average Bonchev–Trinajstić information content (AvgIpc) is 2.35. The quantitative estimate of drug-likeness (QED) is 0.765. The van der Waals surface area contributed by atoms with Gasteiger partial charge in [0.05, 0.1) is 6.26 Å². The predicted octanol–water partition coefficient (Wildman–Crippen LogP) is 1.03. The number of carboxylic acids is 1. The van der Waals surface area contributed by atoms with Crippen molar-refractivity contribution in [1.82, 2.24) is 9.62 Å². The van der Waals surface area contributed by atoms with E-state index in [1.807, 2.05) is 0 Å². The summed E-state index contributed by atoms with van der Waals surface area (Å²) >= 11 is 0. The monoisotopic (exact) mass is 350 g/mol. The number of aliphatic carboxylic acids is 1. The maximum Gasteiger partial charge on any atom is 0.408 e. The molecule has 2 N–H and O–H groups in total. The number of rotatable bonds is 5. The van der Waals surface area contributed by atoms with Crippen molar-refractivity contribution >= 4 is 22.1 Å². The first kappa shape index (κ1) is 19.7. The summed E-state index contributed by atoms with van der Waals surface area (Å²) in [5, 5.41) is 11.6. The smallest absolute Gasteiger partial charge is 0.408 e. The molecule has 1 heterocycles. The number of amides is 1.